The lowest BCUT2D eigenvalue weighted by molar-refractivity contribution is -0.134. The van der Waals surface area contributed by atoms with Gasteiger partial charge < -0.3 is 21.3 Å². The molecule has 5 N–H and O–H groups in total. The lowest BCUT2D eigenvalue weighted by Crippen LogP contribution is -2.31. The Bertz CT molecular complexity index is 587. The van der Waals surface area contributed by atoms with Gasteiger partial charge in [-0.25, -0.2) is 9.59 Å². The summed E-state index contributed by atoms with van der Waals surface area (Å²) >= 11 is 5.97. The van der Waals surface area contributed by atoms with E-state index in [1.807, 2.05) is 0 Å². The third-order valence-corrected chi connectivity index (χ3v) is 2.76. The van der Waals surface area contributed by atoms with Gasteiger partial charge in [0.05, 0.1) is 17.3 Å². The summed E-state index contributed by atoms with van der Waals surface area (Å²) in [7, 11) is 0. The molecule has 22 heavy (non-hydrogen) atoms. The van der Waals surface area contributed by atoms with Crippen molar-refractivity contribution in [2.75, 3.05) is 13.1 Å². The number of aliphatic carboxylic acids is 2. The summed E-state index contributed by atoms with van der Waals surface area (Å²) in [6, 6.07) is 3.22. The molecule has 2 rings (SSSR count). The first kappa shape index (κ1) is 17.6. The van der Waals surface area contributed by atoms with Crippen molar-refractivity contribution in [1.82, 2.24) is 10.3 Å². The number of aliphatic imine (C=N–C) groups is 1. The molecule has 0 spiro atoms. The fourth-order valence-corrected chi connectivity index (χ4v) is 1.76. The van der Waals surface area contributed by atoms with Crippen molar-refractivity contribution >= 4 is 29.4 Å². The van der Waals surface area contributed by atoms with E-state index in [1.54, 1.807) is 18.3 Å². The number of halogens is 1. The Morgan fingerprint density at radius 1 is 1.36 bits per heavy atom. The molecular formula is C13H15ClN4O4. The van der Waals surface area contributed by atoms with Crippen molar-refractivity contribution in [2.45, 2.75) is 6.04 Å². The van der Waals surface area contributed by atoms with Crippen LogP contribution in [0.1, 0.15) is 11.7 Å². The molecule has 1 aromatic rings. The van der Waals surface area contributed by atoms with Gasteiger partial charge in [0.1, 0.15) is 11.9 Å². The Morgan fingerprint density at radius 2 is 2.00 bits per heavy atom. The first-order valence-electron chi connectivity index (χ1n) is 6.20. The zero-order chi connectivity index (χ0) is 16.5. The van der Waals surface area contributed by atoms with E-state index in [1.165, 1.54) is 0 Å². The molecule has 0 amide bonds. The van der Waals surface area contributed by atoms with E-state index in [0.29, 0.717) is 22.9 Å². The van der Waals surface area contributed by atoms with Crippen molar-refractivity contribution in [1.29, 1.82) is 0 Å². The molecule has 1 atom stereocenters. The van der Waals surface area contributed by atoms with Crippen molar-refractivity contribution in [3.63, 3.8) is 0 Å². The van der Waals surface area contributed by atoms with E-state index in [-0.39, 0.29) is 6.04 Å². The summed E-state index contributed by atoms with van der Waals surface area (Å²) in [6.45, 7) is 1.61. The Hall–Kier alpha value is -2.45. The monoisotopic (exact) mass is 326 g/mol. The lowest BCUT2D eigenvalue weighted by Gasteiger charge is -2.12. The van der Waals surface area contributed by atoms with Crippen LogP contribution in [0.15, 0.2) is 35.5 Å². The molecule has 8 nitrogen and oxygen atoms in total. The first-order chi connectivity index (χ1) is 10.4. The van der Waals surface area contributed by atoms with Gasteiger partial charge in [-0.1, -0.05) is 11.6 Å². The third-order valence-electron chi connectivity index (χ3n) is 2.44. The lowest BCUT2D eigenvalue weighted by atomic mass is 10.2. The summed E-state index contributed by atoms with van der Waals surface area (Å²) in [5, 5.41) is 19.3. The molecule has 0 bridgehead atoms. The highest BCUT2D eigenvalue weighted by Crippen LogP contribution is 2.19. The summed E-state index contributed by atoms with van der Waals surface area (Å²) in [5.41, 5.74) is 6.63. The van der Waals surface area contributed by atoms with Gasteiger partial charge >= 0.3 is 11.9 Å². The topological polar surface area (TPSA) is 138 Å². The van der Waals surface area contributed by atoms with Gasteiger partial charge in [-0.05, 0) is 12.1 Å². The molecule has 0 fully saturated rings. The molecule has 1 aliphatic heterocycles. The van der Waals surface area contributed by atoms with E-state index < -0.39 is 11.9 Å². The second-order valence-electron chi connectivity index (χ2n) is 4.05. The van der Waals surface area contributed by atoms with Crippen LogP contribution in [0, 0.1) is 0 Å². The number of rotatable bonds is 4. The quantitative estimate of drug-likeness (QED) is 0.589. The van der Waals surface area contributed by atoms with Crippen molar-refractivity contribution in [3.05, 3.63) is 41.2 Å². The summed E-state index contributed by atoms with van der Waals surface area (Å²) in [5.74, 6) is -1.74. The number of carbonyl (C=O) groups is 2. The van der Waals surface area contributed by atoms with Crippen molar-refractivity contribution in [2.24, 2.45) is 10.7 Å². The first-order valence-corrected chi connectivity index (χ1v) is 6.57. The van der Waals surface area contributed by atoms with E-state index >= 15 is 0 Å². The van der Waals surface area contributed by atoms with Crippen LogP contribution in [0.5, 0.6) is 0 Å². The zero-order valence-electron chi connectivity index (χ0n) is 11.4. The zero-order valence-corrected chi connectivity index (χ0v) is 12.2. The fraction of sp³-hybridized carbons (Fsp3) is 0.231. The predicted molar refractivity (Wildman–Crippen MR) is 80.9 cm³/mol. The SMILES string of the molecule is NC(C1=NCCN1)c1ncccc1Cl.O=C(O)/C=C\C(=O)O. The van der Waals surface area contributed by atoms with Gasteiger partial charge in [0.2, 0.25) is 0 Å². The Kier molecular flexibility index (Phi) is 7.00. The number of hydrogen-bond donors (Lipinski definition) is 4. The van der Waals surface area contributed by atoms with Crippen LogP contribution in [-0.4, -0.2) is 46.1 Å². The maximum Gasteiger partial charge on any atom is 0.328 e. The van der Waals surface area contributed by atoms with E-state index in [0.717, 1.165) is 18.9 Å². The fourth-order valence-electron chi connectivity index (χ4n) is 1.52. The van der Waals surface area contributed by atoms with Crippen LogP contribution >= 0.6 is 11.6 Å². The Labute approximate surface area is 131 Å². The van der Waals surface area contributed by atoms with Crippen LogP contribution in [0.4, 0.5) is 0 Å². The second-order valence-corrected chi connectivity index (χ2v) is 4.46. The number of carboxylic acid groups (broad SMARTS) is 2. The standard InChI is InChI=1S/C9H11ClN4.C4H4O4/c10-6-2-1-3-12-8(6)7(11)9-13-4-5-14-9;5-3(6)1-2-4(7)8/h1-3,7H,4-5,11H2,(H,13,14);1-2H,(H,5,6)(H,7,8)/b;2-1-. The van der Waals surface area contributed by atoms with Gasteiger partial charge in [-0.2, -0.15) is 0 Å². The molecule has 0 saturated carbocycles. The normalized spacial score (nSPS) is 14.5. The Balaban J connectivity index is 0.000000261. The Morgan fingerprint density at radius 3 is 2.45 bits per heavy atom. The van der Waals surface area contributed by atoms with Gasteiger partial charge in [-0.15, -0.1) is 0 Å². The van der Waals surface area contributed by atoms with Crippen molar-refractivity contribution < 1.29 is 19.8 Å². The van der Waals surface area contributed by atoms with Gasteiger partial charge in [0.15, 0.2) is 0 Å². The maximum absolute atomic E-state index is 9.55. The van der Waals surface area contributed by atoms with E-state index in [4.69, 9.17) is 27.5 Å². The molecule has 118 valence electrons. The average Bonchev–Trinajstić information content (AvgIpc) is 3.00. The van der Waals surface area contributed by atoms with Gasteiger partial charge in [0.25, 0.3) is 0 Å². The highest BCUT2D eigenvalue weighted by atomic mass is 35.5. The second kappa shape index (κ2) is 8.75. The molecule has 0 aliphatic carbocycles. The third kappa shape index (κ3) is 5.90. The number of amidine groups is 1. The van der Waals surface area contributed by atoms with Crippen LogP contribution in [-0.2, 0) is 9.59 Å². The molecular weight excluding hydrogens is 312 g/mol. The number of aromatic nitrogens is 1. The largest absolute Gasteiger partial charge is 0.478 e. The van der Waals surface area contributed by atoms with Crippen LogP contribution in [0.2, 0.25) is 5.02 Å². The number of pyridine rings is 1. The molecule has 0 saturated heterocycles. The summed E-state index contributed by atoms with van der Waals surface area (Å²) in [4.78, 5) is 27.5. The van der Waals surface area contributed by atoms with Crippen LogP contribution in [0.25, 0.3) is 0 Å². The summed E-state index contributed by atoms with van der Waals surface area (Å²) in [6.07, 6.45) is 2.79. The van der Waals surface area contributed by atoms with Crippen molar-refractivity contribution in [3.8, 4) is 0 Å². The highest BCUT2D eigenvalue weighted by molar-refractivity contribution is 6.31. The van der Waals surface area contributed by atoms with Crippen LogP contribution in [0.3, 0.4) is 0 Å². The van der Waals surface area contributed by atoms with Gasteiger partial charge in [-0.3, -0.25) is 9.98 Å². The molecule has 0 aromatic carbocycles. The number of nitrogens with one attached hydrogen (secondary N) is 1. The summed E-state index contributed by atoms with van der Waals surface area (Å²) < 4.78 is 0. The number of nitrogens with zero attached hydrogens (tertiary/aromatic N) is 2. The average molecular weight is 327 g/mol. The van der Waals surface area contributed by atoms with E-state index in [9.17, 15) is 9.59 Å². The highest BCUT2D eigenvalue weighted by Gasteiger charge is 2.19. The minimum absolute atomic E-state index is 0.341. The smallest absolute Gasteiger partial charge is 0.328 e. The molecule has 1 aromatic heterocycles. The van der Waals surface area contributed by atoms with E-state index in [2.05, 4.69) is 15.3 Å². The molecule has 1 unspecified atom stereocenters. The minimum atomic E-state index is -1.26. The molecule has 0 radical (unpaired) electrons. The molecule has 2 heterocycles. The number of hydrogen-bond acceptors (Lipinski definition) is 6. The molecule has 9 heteroatoms. The number of carboxylic acids is 2. The minimum Gasteiger partial charge on any atom is -0.478 e. The van der Waals surface area contributed by atoms with Gasteiger partial charge in [0, 0.05) is 24.9 Å². The number of nitrogens with two attached hydrogens (primary N) is 1. The molecule has 1 aliphatic rings. The maximum atomic E-state index is 9.55. The van der Waals surface area contributed by atoms with Crippen LogP contribution < -0.4 is 11.1 Å². The predicted octanol–water partition coefficient (Wildman–Crippen LogP) is 0.448.